The summed E-state index contributed by atoms with van der Waals surface area (Å²) in [6, 6.07) is 5.90. The average molecular weight is 342 g/mol. The fourth-order valence-electron chi connectivity index (χ4n) is 2.55. The first-order valence-corrected chi connectivity index (χ1v) is 8.75. The van der Waals surface area contributed by atoms with Gasteiger partial charge in [-0.05, 0) is 36.6 Å². The molecule has 1 aromatic carbocycles. The van der Waals surface area contributed by atoms with Gasteiger partial charge in [-0.15, -0.1) is 0 Å². The van der Waals surface area contributed by atoms with Crippen LogP contribution in [0.15, 0.2) is 24.4 Å². The Morgan fingerprint density at radius 1 is 1.28 bits per heavy atom. The number of nitrogens with one attached hydrogen (secondary N) is 2. The fraction of sp³-hybridized carbons (Fsp3) is 0.450. The molecule has 2 rings (SSSR count). The van der Waals surface area contributed by atoms with Gasteiger partial charge in [0.15, 0.2) is 6.61 Å². The molecule has 5 nitrogen and oxygen atoms in total. The van der Waals surface area contributed by atoms with E-state index in [4.69, 9.17) is 9.47 Å². The van der Waals surface area contributed by atoms with E-state index in [-0.39, 0.29) is 6.61 Å². The Morgan fingerprint density at radius 3 is 2.96 bits per heavy atom. The van der Waals surface area contributed by atoms with Crippen molar-refractivity contribution in [3.05, 3.63) is 30.0 Å². The van der Waals surface area contributed by atoms with E-state index in [1.54, 1.807) is 7.11 Å². The van der Waals surface area contributed by atoms with Gasteiger partial charge in [-0.2, -0.15) is 0 Å². The van der Waals surface area contributed by atoms with Crippen molar-refractivity contribution in [2.75, 3.05) is 20.3 Å². The number of fused-ring (bicyclic) bond motifs is 1. The largest absolute Gasteiger partial charge is 0.497 e. The van der Waals surface area contributed by atoms with E-state index in [0.29, 0.717) is 13.0 Å². The number of hydrogen-bond acceptors (Lipinski definition) is 3. The van der Waals surface area contributed by atoms with Gasteiger partial charge in [-0.25, -0.2) is 4.79 Å². The number of rotatable bonds is 8. The van der Waals surface area contributed by atoms with Gasteiger partial charge in [-0.1, -0.05) is 31.6 Å². The first-order chi connectivity index (χ1) is 12.2. The third-order valence-electron chi connectivity index (χ3n) is 3.94. The monoisotopic (exact) mass is 342 g/mol. The van der Waals surface area contributed by atoms with Gasteiger partial charge in [0.05, 0.1) is 7.11 Å². The summed E-state index contributed by atoms with van der Waals surface area (Å²) in [5.74, 6) is 6.70. The molecule has 25 heavy (non-hydrogen) atoms. The minimum Gasteiger partial charge on any atom is -0.497 e. The number of carbonyl (C=O) groups excluding carboxylic acids is 1. The van der Waals surface area contributed by atoms with Crippen LogP contribution in [0.4, 0.5) is 4.79 Å². The highest BCUT2D eigenvalue weighted by Gasteiger charge is 2.06. The number of aromatic nitrogens is 1. The quantitative estimate of drug-likeness (QED) is 0.562. The van der Waals surface area contributed by atoms with Crippen LogP contribution in [0.2, 0.25) is 0 Å². The summed E-state index contributed by atoms with van der Waals surface area (Å²) < 4.78 is 10.3. The average Bonchev–Trinajstić information content (AvgIpc) is 3.03. The zero-order valence-corrected chi connectivity index (χ0v) is 15.0. The van der Waals surface area contributed by atoms with Crippen molar-refractivity contribution >= 4 is 17.0 Å². The molecule has 0 saturated carbocycles. The molecule has 0 aliphatic carbocycles. The van der Waals surface area contributed by atoms with Crippen molar-refractivity contribution in [3.63, 3.8) is 0 Å². The van der Waals surface area contributed by atoms with Crippen LogP contribution in [0.1, 0.15) is 38.2 Å². The van der Waals surface area contributed by atoms with Crippen molar-refractivity contribution in [2.24, 2.45) is 0 Å². The Hall–Kier alpha value is -2.61. The van der Waals surface area contributed by atoms with Crippen molar-refractivity contribution in [3.8, 4) is 17.6 Å². The molecule has 2 N–H and O–H groups in total. The molecule has 0 atom stereocenters. The number of H-pyrrole nitrogens is 1. The highest BCUT2D eigenvalue weighted by molar-refractivity contribution is 5.84. The number of amides is 1. The molecule has 1 amide bonds. The molecular formula is C20H26N2O3. The third kappa shape index (κ3) is 6.07. The van der Waals surface area contributed by atoms with Crippen LogP contribution in [0, 0.1) is 11.8 Å². The van der Waals surface area contributed by atoms with E-state index >= 15 is 0 Å². The van der Waals surface area contributed by atoms with Crippen LogP contribution in [0.25, 0.3) is 10.9 Å². The molecule has 0 fully saturated rings. The first kappa shape index (κ1) is 18.7. The van der Waals surface area contributed by atoms with E-state index in [9.17, 15) is 4.79 Å². The highest BCUT2D eigenvalue weighted by atomic mass is 16.5. The van der Waals surface area contributed by atoms with Crippen LogP contribution in [0.3, 0.4) is 0 Å². The number of alkyl carbamates (subject to hydrolysis) is 1. The van der Waals surface area contributed by atoms with Crippen LogP contribution >= 0.6 is 0 Å². The topological polar surface area (TPSA) is 63.3 Å². The summed E-state index contributed by atoms with van der Waals surface area (Å²) in [6.45, 7) is 2.81. The Balaban J connectivity index is 1.71. The Kier molecular flexibility index (Phi) is 7.71. The van der Waals surface area contributed by atoms with Gasteiger partial charge in [0.2, 0.25) is 0 Å². The van der Waals surface area contributed by atoms with Gasteiger partial charge in [0.1, 0.15) is 5.75 Å². The maximum absolute atomic E-state index is 11.6. The molecule has 0 aliphatic rings. The van der Waals surface area contributed by atoms with Crippen molar-refractivity contribution < 1.29 is 14.3 Å². The molecule has 5 heteroatoms. The number of benzene rings is 1. The molecular weight excluding hydrogens is 316 g/mol. The second-order valence-corrected chi connectivity index (χ2v) is 5.79. The second-order valence-electron chi connectivity index (χ2n) is 5.79. The summed E-state index contributed by atoms with van der Waals surface area (Å²) in [7, 11) is 1.65. The normalized spacial score (nSPS) is 10.2. The van der Waals surface area contributed by atoms with Crippen LogP contribution in [0.5, 0.6) is 5.75 Å². The van der Waals surface area contributed by atoms with Gasteiger partial charge in [0.25, 0.3) is 0 Å². The molecule has 1 heterocycles. The van der Waals surface area contributed by atoms with E-state index in [0.717, 1.165) is 35.1 Å². The van der Waals surface area contributed by atoms with Crippen LogP contribution in [-0.2, 0) is 11.2 Å². The Labute approximate surface area is 149 Å². The van der Waals surface area contributed by atoms with E-state index in [2.05, 4.69) is 29.1 Å². The smallest absolute Gasteiger partial charge is 0.408 e. The van der Waals surface area contributed by atoms with E-state index in [1.807, 2.05) is 24.4 Å². The lowest BCUT2D eigenvalue weighted by molar-refractivity contribution is 0.160. The molecule has 0 bridgehead atoms. The molecule has 2 aromatic rings. The number of unbranched alkanes of at least 4 members (excludes halogenated alkanes) is 3. The number of hydrogen-bond donors (Lipinski definition) is 2. The zero-order valence-electron chi connectivity index (χ0n) is 15.0. The van der Waals surface area contributed by atoms with Crippen molar-refractivity contribution in [1.82, 2.24) is 10.3 Å². The van der Waals surface area contributed by atoms with Gasteiger partial charge < -0.3 is 19.8 Å². The number of methoxy groups -OCH3 is 1. The summed E-state index contributed by atoms with van der Waals surface area (Å²) in [5.41, 5.74) is 2.18. The van der Waals surface area contributed by atoms with E-state index in [1.165, 1.54) is 12.8 Å². The lowest BCUT2D eigenvalue weighted by Gasteiger charge is -2.05. The van der Waals surface area contributed by atoms with Gasteiger partial charge in [-0.3, -0.25) is 0 Å². The summed E-state index contributed by atoms with van der Waals surface area (Å²) in [5, 5.41) is 3.86. The summed E-state index contributed by atoms with van der Waals surface area (Å²) in [6.07, 6.45) is 6.58. The van der Waals surface area contributed by atoms with Gasteiger partial charge in [0, 0.05) is 30.1 Å². The molecule has 0 unspecified atom stereocenters. The summed E-state index contributed by atoms with van der Waals surface area (Å²) >= 11 is 0. The van der Waals surface area contributed by atoms with E-state index < -0.39 is 6.09 Å². The zero-order chi connectivity index (χ0) is 17.9. The molecule has 0 spiro atoms. The lowest BCUT2D eigenvalue weighted by Crippen LogP contribution is -2.26. The lowest BCUT2D eigenvalue weighted by atomic mass is 10.1. The standard InChI is InChI=1S/C20H26N2O3/c1-3-4-5-6-7-8-13-25-20(23)21-12-11-16-15-22-19-10-9-17(24-2)14-18(16)19/h9-10,14-15,22H,3-6,11-13H2,1-2H3,(H,21,23). The minimum absolute atomic E-state index is 0.141. The number of carbonyl (C=O) groups is 1. The maximum Gasteiger partial charge on any atom is 0.408 e. The van der Waals surface area contributed by atoms with Crippen LogP contribution < -0.4 is 10.1 Å². The maximum atomic E-state index is 11.6. The predicted octanol–water partition coefficient (Wildman–Crippen LogP) is 4.03. The molecule has 0 radical (unpaired) electrons. The van der Waals surface area contributed by atoms with Gasteiger partial charge >= 0.3 is 6.09 Å². The molecule has 0 aliphatic heterocycles. The number of aromatic amines is 1. The molecule has 0 saturated heterocycles. The minimum atomic E-state index is -0.430. The van der Waals surface area contributed by atoms with Crippen LogP contribution in [-0.4, -0.2) is 31.3 Å². The van der Waals surface area contributed by atoms with Crippen molar-refractivity contribution in [2.45, 2.75) is 39.0 Å². The second kappa shape index (κ2) is 10.3. The SMILES string of the molecule is CCCCCC#CCOC(=O)NCCc1c[nH]c2ccc(OC)cc12. The first-order valence-electron chi connectivity index (χ1n) is 8.75. The third-order valence-corrected chi connectivity index (χ3v) is 3.94. The fourth-order valence-corrected chi connectivity index (χ4v) is 2.55. The Morgan fingerprint density at radius 2 is 2.16 bits per heavy atom. The Bertz CT molecular complexity index is 740. The molecule has 1 aromatic heterocycles. The highest BCUT2D eigenvalue weighted by Crippen LogP contribution is 2.23. The summed E-state index contributed by atoms with van der Waals surface area (Å²) in [4.78, 5) is 14.9. The molecule has 134 valence electrons. The number of ether oxygens (including phenoxy) is 2. The predicted molar refractivity (Wildman–Crippen MR) is 99.8 cm³/mol. The van der Waals surface area contributed by atoms with Crippen molar-refractivity contribution in [1.29, 1.82) is 0 Å².